The van der Waals surface area contributed by atoms with E-state index in [2.05, 4.69) is 15.7 Å². The molecule has 0 aliphatic rings. The Morgan fingerprint density at radius 2 is 2.00 bits per heavy atom. The Morgan fingerprint density at radius 1 is 1.32 bits per heavy atom. The molecule has 2 rings (SSSR count). The molecule has 0 saturated heterocycles. The van der Waals surface area contributed by atoms with E-state index in [0.717, 1.165) is 17.9 Å². The molecule has 1 aromatic carbocycles. The highest BCUT2D eigenvalue weighted by Gasteiger charge is 2.10. The van der Waals surface area contributed by atoms with Gasteiger partial charge in [-0.05, 0) is 37.7 Å². The molecule has 0 spiro atoms. The van der Waals surface area contributed by atoms with Crippen molar-refractivity contribution in [3.8, 4) is 0 Å². The lowest BCUT2D eigenvalue weighted by atomic mass is 10.2. The number of carbonyl (C=O) groups is 1. The molecule has 0 fully saturated rings. The van der Waals surface area contributed by atoms with Crippen molar-refractivity contribution in [3.63, 3.8) is 0 Å². The maximum absolute atomic E-state index is 12.0. The van der Waals surface area contributed by atoms with E-state index < -0.39 is 0 Å². The molecule has 0 aliphatic carbocycles. The maximum Gasteiger partial charge on any atom is 0.276 e. The van der Waals surface area contributed by atoms with Gasteiger partial charge >= 0.3 is 0 Å². The lowest BCUT2D eigenvalue weighted by Crippen LogP contribution is -2.13. The van der Waals surface area contributed by atoms with Crippen LogP contribution in [0.1, 0.15) is 21.7 Å². The van der Waals surface area contributed by atoms with Crippen molar-refractivity contribution in [3.05, 3.63) is 47.3 Å². The smallest absolute Gasteiger partial charge is 0.276 e. The molecule has 0 saturated carbocycles. The summed E-state index contributed by atoms with van der Waals surface area (Å²) in [6.07, 6.45) is 0. The van der Waals surface area contributed by atoms with Crippen LogP contribution in [0.5, 0.6) is 0 Å². The molecule has 0 radical (unpaired) electrons. The van der Waals surface area contributed by atoms with Crippen LogP contribution in [0.4, 0.5) is 5.69 Å². The van der Waals surface area contributed by atoms with Crippen molar-refractivity contribution < 1.29 is 4.79 Å². The Labute approximate surface area is 112 Å². The minimum atomic E-state index is -0.190. The maximum atomic E-state index is 12.0. The largest absolute Gasteiger partial charge is 0.321 e. The van der Waals surface area contributed by atoms with E-state index >= 15 is 0 Å². The van der Waals surface area contributed by atoms with Crippen LogP contribution < -0.4 is 10.6 Å². The molecule has 1 aromatic heterocycles. The van der Waals surface area contributed by atoms with E-state index in [1.54, 1.807) is 10.7 Å². The molecule has 2 N–H and O–H groups in total. The molecule has 0 unspecified atom stereocenters. The number of rotatable bonds is 4. The molecule has 1 amide bonds. The Bertz CT molecular complexity index is 552. The van der Waals surface area contributed by atoms with Crippen molar-refractivity contribution in [1.82, 2.24) is 15.1 Å². The lowest BCUT2D eigenvalue weighted by molar-refractivity contribution is 0.102. The zero-order chi connectivity index (χ0) is 13.8. The first-order valence-corrected chi connectivity index (χ1v) is 6.15. The average Bonchev–Trinajstić information content (AvgIpc) is 2.72. The first kappa shape index (κ1) is 13.3. The van der Waals surface area contributed by atoms with Crippen LogP contribution in [0.25, 0.3) is 0 Å². The van der Waals surface area contributed by atoms with Gasteiger partial charge in [-0.3, -0.25) is 9.48 Å². The highest BCUT2D eigenvalue weighted by atomic mass is 16.1. The number of aryl methyl sites for hydroxylation is 2. The molecular weight excluding hydrogens is 240 g/mol. The second-order valence-electron chi connectivity index (χ2n) is 4.48. The van der Waals surface area contributed by atoms with Crippen LogP contribution in [0.3, 0.4) is 0 Å². The zero-order valence-electron chi connectivity index (χ0n) is 11.4. The summed E-state index contributed by atoms with van der Waals surface area (Å²) < 4.78 is 1.69. The molecular formula is C14H18N4O. The zero-order valence-corrected chi connectivity index (χ0v) is 11.4. The second-order valence-corrected chi connectivity index (χ2v) is 4.48. The van der Waals surface area contributed by atoms with Gasteiger partial charge in [-0.1, -0.05) is 12.1 Å². The Balaban J connectivity index is 2.06. The number of aromatic nitrogens is 2. The number of nitrogens with one attached hydrogen (secondary N) is 2. The fraction of sp³-hybridized carbons (Fsp3) is 0.286. The van der Waals surface area contributed by atoms with Crippen molar-refractivity contribution in [2.75, 3.05) is 12.4 Å². The quantitative estimate of drug-likeness (QED) is 0.877. The minimum Gasteiger partial charge on any atom is -0.321 e. The van der Waals surface area contributed by atoms with E-state index in [1.807, 2.05) is 45.3 Å². The summed E-state index contributed by atoms with van der Waals surface area (Å²) in [6, 6.07) is 9.51. The number of anilines is 1. The average molecular weight is 258 g/mol. The molecule has 2 aromatic rings. The Kier molecular flexibility index (Phi) is 3.97. The summed E-state index contributed by atoms with van der Waals surface area (Å²) in [5.74, 6) is -0.190. The summed E-state index contributed by atoms with van der Waals surface area (Å²) in [6.45, 7) is 2.73. The summed E-state index contributed by atoms with van der Waals surface area (Å²) in [5, 5.41) is 10.1. The van der Waals surface area contributed by atoms with Gasteiger partial charge in [0.15, 0.2) is 5.69 Å². The topological polar surface area (TPSA) is 58.9 Å². The third kappa shape index (κ3) is 3.20. The van der Waals surface area contributed by atoms with Crippen LogP contribution in [0.15, 0.2) is 30.3 Å². The Hall–Kier alpha value is -2.14. The van der Waals surface area contributed by atoms with Crippen LogP contribution in [0, 0.1) is 6.92 Å². The minimum absolute atomic E-state index is 0.190. The SMILES string of the molecule is CNCc1ccc(NC(=O)c2cc(C)n(C)n2)cc1. The number of carbonyl (C=O) groups excluding carboxylic acids is 1. The predicted octanol–water partition coefficient (Wildman–Crippen LogP) is 1.70. The molecule has 19 heavy (non-hydrogen) atoms. The van der Waals surface area contributed by atoms with Gasteiger partial charge < -0.3 is 10.6 Å². The standard InChI is InChI=1S/C14H18N4O/c1-10-8-13(17-18(10)3)14(19)16-12-6-4-11(5-7-12)9-15-2/h4-8,15H,9H2,1-3H3,(H,16,19). The fourth-order valence-electron chi connectivity index (χ4n) is 1.78. The summed E-state index contributed by atoms with van der Waals surface area (Å²) in [7, 11) is 3.72. The van der Waals surface area contributed by atoms with Crippen molar-refractivity contribution >= 4 is 11.6 Å². The number of amides is 1. The van der Waals surface area contributed by atoms with Crippen molar-refractivity contribution in [2.45, 2.75) is 13.5 Å². The number of hydrogen-bond acceptors (Lipinski definition) is 3. The first-order chi connectivity index (χ1) is 9.10. The van der Waals surface area contributed by atoms with Gasteiger partial charge in [0.05, 0.1) is 0 Å². The van der Waals surface area contributed by atoms with E-state index in [1.165, 1.54) is 5.56 Å². The van der Waals surface area contributed by atoms with Crippen molar-refractivity contribution in [1.29, 1.82) is 0 Å². The van der Waals surface area contributed by atoms with E-state index in [9.17, 15) is 4.79 Å². The van der Waals surface area contributed by atoms with E-state index in [-0.39, 0.29) is 5.91 Å². The van der Waals surface area contributed by atoms with Gasteiger partial charge in [0.25, 0.3) is 5.91 Å². The summed E-state index contributed by atoms with van der Waals surface area (Å²) in [4.78, 5) is 12.0. The summed E-state index contributed by atoms with van der Waals surface area (Å²) in [5.41, 5.74) is 3.33. The molecule has 0 atom stereocenters. The van der Waals surface area contributed by atoms with Gasteiger partial charge in [0, 0.05) is 25.0 Å². The second kappa shape index (κ2) is 5.67. The highest BCUT2D eigenvalue weighted by Crippen LogP contribution is 2.11. The van der Waals surface area contributed by atoms with Gasteiger partial charge in [0.1, 0.15) is 0 Å². The molecule has 5 heteroatoms. The summed E-state index contributed by atoms with van der Waals surface area (Å²) >= 11 is 0. The molecule has 100 valence electrons. The van der Waals surface area contributed by atoms with Gasteiger partial charge in [-0.25, -0.2) is 0 Å². The van der Waals surface area contributed by atoms with Gasteiger partial charge in [-0.15, -0.1) is 0 Å². The molecule has 5 nitrogen and oxygen atoms in total. The van der Waals surface area contributed by atoms with Crippen molar-refractivity contribution in [2.24, 2.45) is 7.05 Å². The van der Waals surface area contributed by atoms with Gasteiger partial charge in [-0.2, -0.15) is 5.10 Å². The number of benzene rings is 1. The van der Waals surface area contributed by atoms with Crippen LogP contribution in [0.2, 0.25) is 0 Å². The predicted molar refractivity (Wildman–Crippen MR) is 75.1 cm³/mol. The van der Waals surface area contributed by atoms with E-state index in [0.29, 0.717) is 5.69 Å². The molecule has 0 bridgehead atoms. The van der Waals surface area contributed by atoms with Crippen LogP contribution in [-0.4, -0.2) is 22.7 Å². The normalized spacial score (nSPS) is 10.5. The Morgan fingerprint density at radius 3 is 2.53 bits per heavy atom. The van der Waals surface area contributed by atoms with Gasteiger partial charge in [0.2, 0.25) is 0 Å². The number of hydrogen-bond donors (Lipinski definition) is 2. The fourth-order valence-corrected chi connectivity index (χ4v) is 1.78. The molecule has 1 heterocycles. The molecule has 0 aliphatic heterocycles. The third-order valence-electron chi connectivity index (χ3n) is 2.94. The highest BCUT2D eigenvalue weighted by molar-refractivity contribution is 6.02. The lowest BCUT2D eigenvalue weighted by Gasteiger charge is -2.05. The van der Waals surface area contributed by atoms with E-state index in [4.69, 9.17) is 0 Å². The number of nitrogens with zero attached hydrogens (tertiary/aromatic N) is 2. The van der Waals surface area contributed by atoms with Crippen LogP contribution >= 0.6 is 0 Å². The first-order valence-electron chi connectivity index (χ1n) is 6.15. The van der Waals surface area contributed by atoms with Crippen LogP contribution in [-0.2, 0) is 13.6 Å². The monoisotopic (exact) mass is 258 g/mol. The third-order valence-corrected chi connectivity index (χ3v) is 2.94.